The first-order valence-electron chi connectivity index (χ1n) is 13.9. The number of allylic oxidation sites excluding steroid dienone is 1. The molecule has 5 rings (SSSR count). The summed E-state index contributed by atoms with van der Waals surface area (Å²) >= 11 is 4.80. The zero-order valence-corrected chi connectivity index (χ0v) is 27.4. The summed E-state index contributed by atoms with van der Waals surface area (Å²) in [4.78, 5) is 32.2. The molecule has 9 heteroatoms. The predicted molar refractivity (Wildman–Crippen MR) is 173 cm³/mol. The molecular formula is C34H33BrN2O5S. The standard InChI is InChI=1S/C34H33BrN2O5S/c1-7-41-33(39)30-22(5)36-34-37(31(30)24-9-8-10-25(35)17-24)32(38)29(43-34)16-23-11-12-27(28(15-23)40-6)42-18-26-20(3)13-19(2)14-21(26)4/h8-17,31H,7,18H2,1-6H3/b29-16-/t31-/m0/s1. The van der Waals surface area contributed by atoms with Crippen LogP contribution < -0.4 is 24.4 Å². The highest BCUT2D eigenvalue weighted by molar-refractivity contribution is 9.10. The molecule has 1 aromatic heterocycles. The lowest BCUT2D eigenvalue weighted by Crippen LogP contribution is -2.39. The fourth-order valence-corrected chi connectivity index (χ4v) is 6.88. The van der Waals surface area contributed by atoms with Crippen LogP contribution in [0.5, 0.6) is 11.5 Å². The normalized spacial score (nSPS) is 14.8. The van der Waals surface area contributed by atoms with Crippen LogP contribution in [0, 0.1) is 20.8 Å². The smallest absolute Gasteiger partial charge is 0.338 e. The van der Waals surface area contributed by atoms with Crippen LogP contribution in [-0.4, -0.2) is 24.3 Å². The Hall–Kier alpha value is -3.95. The lowest BCUT2D eigenvalue weighted by molar-refractivity contribution is -0.139. The summed E-state index contributed by atoms with van der Waals surface area (Å²) < 4.78 is 20.1. The highest BCUT2D eigenvalue weighted by atomic mass is 79.9. The predicted octanol–water partition coefficient (Wildman–Crippen LogP) is 6.07. The minimum atomic E-state index is -0.672. The molecule has 0 saturated carbocycles. The molecule has 4 aromatic rings. The Morgan fingerprint density at radius 1 is 1.05 bits per heavy atom. The van der Waals surface area contributed by atoms with Gasteiger partial charge in [-0.05, 0) is 92.8 Å². The molecule has 1 aliphatic rings. The Morgan fingerprint density at radius 3 is 2.47 bits per heavy atom. The largest absolute Gasteiger partial charge is 0.493 e. The minimum Gasteiger partial charge on any atom is -0.493 e. The maximum atomic E-state index is 13.9. The number of carbonyl (C=O) groups is 1. The number of thiazole rings is 1. The maximum absolute atomic E-state index is 13.9. The van der Waals surface area contributed by atoms with Gasteiger partial charge >= 0.3 is 5.97 Å². The number of aryl methyl sites for hydroxylation is 3. The van der Waals surface area contributed by atoms with Gasteiger partial charge in [-0.25, -0.2) is 9.79 Å². The van der Waals surface area contributed by atoms with E-state index in [1.54, 1.807) is 25.5 Å². The molecule has 1 aliphatic heterocycles. The third kappa shape index (κ3) is 6.24. The van der Waals surface area contributed by atoms with Gasteiger partial charge in [0.05, 0.1) is 35.6 Å². The number of rotatable bonds is 8. The number of hydrogen-bond acceptors (Lipinski definition) is 7. The first-order valence-corrected chi connectivity index (χ1v) is 15.5. The average molecular weight is 662 g/mol. The van der Waals surface area contributed by atoms with E-state index in [1.807, 2.05) is 48.5 Å². The van der Waals surface area contributed by atoms with E-state index in [0.717, 1.165) is 21.2 Å². The van der Waals surface area contributed by atoms with E-state index in [0.29, 0.717) is 38.7 Å². The van der Waals surface area contributed by atoms with Crippen molar-refractivity contribution in [3.05, 3.63) is 123 Å². The van der Waals surface area contributed by atoms with Crippen molar-refractivity contribution in [1.29, 1.82) is 0 Å². The molecule has 0 unspecified atom stereocenters. The first-order chi connectivity index (χ1) is 20.6. The zero-order chi connectivity index (χ0) is 30.8. The number of esters is 1. The fraction of sp³-hybridized carbons (Fsp3) is 0.265. The molecule has 0 saturated heterocycles. The van der Waals surface area contributed by atoms with Gasteiger partial charge in [-0.1, -0.05) is 63.2 Å². The van der Waals surface area contributed by atoms with Crippen molar-refractivity contribution in [2.75, 3.05) is 13.7 Å². The monoisotopic (exact) mass is 660 g/mol. The van der Waals surface area contributed by atoms with Crippen molar-refractivity contribution in [2.45, 2.75) is 47.3 Å². The van der Waals surface area contributed by atoms with Gasteiger partial charge in [0.25, 0.3) is 5.56 Å². The Balaban J connectivity index is 1.54. The van der Waals surface area contributed by atoms with Crippen LogP contribution in [0.25, 0.3) is 6.08 Å². The molecule has 0 fully saturated rings. The van der Waals surface area contributed by atoms with Crippen LogP contribution in [0.4, 0.5) is 0 Å². The second-order valence-electron chi connectivity index (χ2n) is 10.4. The Labute approximate surface area is 262 Å². The van der Waals surface area contributed by atoms with E-state index in [2.05, 4.69) is 53.8 Å². The third-order valence-electron chi connectivity index (χ3n) is 7.38. The van der Waals surface area contributed by atoms with Gasteiger partial charge in [0.2, 0.25) is 0 Å². The van der Waals surface area contributed by atoms with Gasteiger partial charge in [0, 0.05) is 4.47 Å². The summed E-state index contributed by atoms with van der Waals surface area (Å²) in [7, 11) is 1.60. The number of fused-ring (bicyclic) bond motifs is 1. The number of benzene rings is 3. The lowest BCUT2D eigenvalue weighted by atomic mass is 9.96. The molecule has 0 spiro atoms. The first kappa shape index (κ1) is 30.5. The second kappa shape index (κ2) is 12.7. The van der Waals surface area contributed by atoms with E-state index in [9.17, 15) is 9.59 Å². The molecule has 0 aliphatic carbocycles. The summed E-state index contributed by atoms with van der Waals surface area (Å²) in [6.45, 7) is 10.4. The molecule has 1 atom stereocenters. The molecule has 0 bridgehead atoms. The fourth-order valence-electron chi connectivity index (χ4n) is 5.42. The Kier molecular flexibility index (Phi) is 9.03. The summed E-state index contributed by atoms with van der Waals surface area (Å²) in [5, 5.41) is 0. The van der Waals surface area contributed by atoms with Gasteiger partial charge in [-0.15, -0.1) is 0 Å². The van der Waals surface area contributed by atoms with E-state index in [-0.39, 0.29) is 12.2 Å². The molecule has 7 nitrogen and oxygen atoms in total. The van der Waals surface area contributed by atoms with Gasteiger partial charge in [-0.3, -0.25) is 9.36 Å². The number of ether oxygens (including phenoxy) is 3. The number of aromatic nitrogens is 1. The van der Waals surface area contributed by atoms with Crippen molar-refractivity contribution in [3.8, 4) is 11.5 Å². The molecule has 2 heterocycles. The van der Waals surface area contributed by atoms with Crippen LogP contribution in [0.3, 0.4) is 0 Å². The number of methoxy groups -OCH3 is 1. The summed E-state index contributed by atoms with van der Waals surface area (Å²) in [5.41, 5.74) is 6.93. The van der Waals surface area contributed by atoms with Gasteiger partial charge in [0.1, 0.15) is 6.61 Å². The van der Waals surface area contributed by atoms with Crippen molar-refractivity contribution < 1.29 is 19.0 Å². The van der Waals surface area contributed by atoms with Crippen molar-refractivity contribution in [2.24, 2.45) is 4.99 Å². The zero-order valence-electron chi connectivity index (χ0n) is 25.0. The average Bonchev–Trinajstić information content (AvgIpc) is 3.26. The highest BCUT2D eigenvalue weighted by Gasteiger charge is 2.33. The van der Waals surface area contributed by atoms with Crippen LogP contribution in [-0.2, 0) is 16.1 Å². The van der Waals surface area contributed by atoms with E-state index in [4.69, 9.17) is 14.2 Å². The highest BCUT2D eigenvalue weighted by Crippen LogP contribution is 2.33. The van der Waals surface area contributed by atoms with Crippen molar-refractivity contribution in [1.82, 2.24) is 4.57 Å². The molecule has 3 aromatic carbocycles. The summed E-state index contributed by atoms with van der Waals surface area (Å²) in [6, 6.07) is 16.8. The van der Waals surface area contributed by atoms with Gasteiger partial charge in [0.15, 0.2) is 16.3 Å². The molecule has 0 N–H and O–H groups in total. The topological polar surface area (TPSA) is 79.1 Å². The number of nitrogens with zero attached hydrogens (tertiary/aromatic N) is 2. The Morgan fingerprint density at radius 2 is 1.79 bits per heavy atom. The number of hydrogen-bond donors (Lipinski definition) is 0. The molecular weight excluding hydrogens is 628 g/mol. The molecule has 0 radical (unpaired) electrons. The maximum Gasteiger partial charge on any atom is 0.338 e. The summed E-state index contributed by atoms with van der Waals surface area (Å²) in [6.07, 6.45) is 1.81. The van der Waals surface area contributed by atoms with E-state index < -0.39 is 12.0 Å². The van der Waals surface area contributed by atoms with Crippen LogP contribution in [0.1, 0.15) is 53.3 Å². The SMILES string of the molecule is CCOC(=O)C1=C(C)N=c2s/c(=C\c3ccc(OCc4c(C)cc(C)cc4C)c(OC)c3)c(=O)n2[C@H]1c1cccc(Br)c1. The van der Waals surface area contributed by atoms with Crippen LogP contribution in [0.15, 0.2) is 80.1 Å². The van der Waals surface area contributed by atoms with Gasteiger partial charge in [-0.2, -0.15) is 0 Å². The minimum absolute atomic E-state index is 0.219. The van der Waals surface area contributed by atoms with Crippen molar-refractivity contribution in [3.63, 3.8) is 0 Å². The van der Waals surface area contributed by atoms with Crippen LogP contribution in [0.2, 0.25) is 0 Å². The van der Waals surface area contributed by atoms with E-state index >= 15 is 0 Å². The van der Waals surface area contributed by atoms with Gasteiger partial charge < -0.3 is 14.2 Å². The second-order valence-corrected chi connectivity index (χ2v) is 12.4. The molecule has 43 heavy (non-hydrogen) atoms. The third-order valence-corrected chi connectivity index (χ3v) is 8.86. The lowest BCUT2D eigenvalue weighted by Gasteiger charge is -2.24. The molecule has 222 valence electrons. The number of carbonyl (C=O) groups excluding carboxylic acids is 1. The quantitative estimate of drug-likeness (QED) is 0.214. The van der Waals surface area contributed by atoms with E-state index in [1.165, 1.54) is 28.0 Å². The molecule has 0 amide bonds. The summed E-state index contributed by atoms with van der Waals surface area (Å²) in [5.74, 6) is 0.695. The van der Waals surface area contributed by atoms with Crippen LogP contribution >= 0.6 is 27.3 Å². The Bertz CT molecular complexity index is 1920. The number of halogens is 1. The van der Waals surface area contributed by atoms with Crippen molar-refractivity contribution >= 4 is 39.3 Å².